The summed E-state index contributed by atoms with van der Waals surface area (Å²) < 4.78 is 57.3. The molecular formula is C17H17F4NO. The van der Waals surface area contributed by atoms with Crippen LogP contribution in [0.3, 0.4) is 0 Å². The Morgan fingerprint density at radius 3 is 2.30 bits per heavy atom. The molecule has 2 nitrogen and oxygen atoms in total. The fourth-order valence-corrected chi connectivity index (χ4v) is 1.97. The van der Waals surface area contributed by atoms with Crippen LogP contribution in [0.15, 0.2) is 36.7 Å². The molecule has 1 heterocycles. The van der Waals surface area contributed by atoms with Crippen LogP contribution in [0.1, 0.15) is 38.3 Å². The third-order valence-corrected chi connectivity index (χ3v) is 3.87. The molecule has 0 unspecified atom stereocenters. The van der Waals surface area contributed by atoms with Gasteiger partial charge in [-0.2, -0.15) is 13.2 Å². The van der Waals surface area contributed by atoms with Crippen LogP contribution < -0.4 is 4.74 Å². The second-order valence-electron chi connectivity index (χ2n) is 5.89. The zero-order chi connectivity index (χ0) is 17.3. The predicted octanol–water partition coefficient (Wildman–Crippen LogP) is 5.72. The lowest BCUT2D eigenvalue weighted by Crippen LogP contribution is -2.15. The monoisotopic (exact) mass is 327 g/mol. The number of hydrogen-bond acceptors (Lipinski definition) is 2. The van der Waals surface area contributed by atoms with Crippen LogP contribution in [0.4, 0.5) is 17.6 Å². The van der Waals surface area contributed by atoms with E-state index in [0.717, 1.165) is 24.2 Å². The third-order valence-electron chi connectivity index (χ3n) is 3.87. The maximum atomic E-state index is 14.2. The summed E-state index contributed by atoms with van der Waals surface area (Å²) in [6, 6.07) is 5.27. The van der Waals surface area contributed by atoms with E-state index in [-0.39, 0.29) is 16.9 Å². The second-order valence-corrected chi connectivity index (χ2v) is 5.89. The van der Waals surface area contributed by atoms with Crippen molar-refractivity contribution < 1.29 is 22.3 Å². The summed E-state index contributed by atoms with van der Waals surface area (Å²) in [5.74, 6) is -0.926. The van der Waals surface area contributed by atoms with Crippen molar-refractivity contribution in [1.82, 2.24) is 4.98 Å². The van der Waals surface area contributed by atoms with Crippen molar-refractivity contribution in [3.8, 4) is 11.5 Å². The Labute approximate surface area is 132 Å². The van der Waals surface area contributed by atoms with Gasteiger partial charge in [0.1, 0.15) is 5.75 Å². The fourth-order valence-electron chi connectivity index (χ4n) is 1.97. The Kier molecular flexibility index (Phi) is 4.63. The van der Waals surface area contributed by atoms with Crippen molar-refractivity contribution in [3.05, 3.63) is 53.6 Å². The highest BCUT2D eigenvalue weighted by molar-refractivity contribution is 5.37. The van der Waals surface area contributed by atoms with E-state index in [9.17, 15) is 17.6 Å². The molecule has 0 atom stereocenters. The molecule has 2 rings (SSSR count). The van der Waals surface area contributed by atoms with E-state index in [1.165, 1.54) is 12.1 Å². The summed E-state index contributed by atoms with van der Waals surface area (Å²) >= 11 is 0. The molecule has 0 saturated heterocycles. The van der Waals surface area contributed by atoms with Crippen LogP contribution in [0.5, 0.6) is 11.5 Å². The Balaban J connectivity index is 2.28. The lowest BCUT2D eigenvalue weighted by atomic mass is 9.82. The SMILES string of the molecule is CCC(C)(C)c1ccc(Oc2cncc(C(F)(F)F)c2)c(F)c1. The van der Waals surface area contributed by atoms with Gasteiger partial charge in [-0.1, -0.05) is 26.8 Å². The summed E-state index contributed by atoms with van der Waals surface area (Å²) in [7, 11) is 0. The van der Waals surface area contributed by atoms with Gasteiger partial charge in [-0.15, -0.1) is 0 Å². The van der Waals surface area contributed by atoms with Gasteiger partial charge in [-0.3, -0.25) is 4.98 Å². The summed E-state index contributed by atoms with van der Waals surface area (Å²) in [6.07, 6.45) is -1.90. The summed E-state index contributed by atoms with van der Waals surface area (Å²) in [4.78, 5) is 3.48. The lowest BCUT2D eigenvalue weighted by molar-refractivity contribution is -0.137. The highest BCUT2D eigenvalue weighted by atomic mass is 19.4. The molecule has 1 aromatic heterocycles. The normalized spacial score (nSPS) is 12.3. The standard InChI is InChI=1S/C17H17F4NO/c1-4-16(2,3)11-5-6-15(14(18)8-11)23-13-7-12(9-22-10-13)17(19,20)21/h5-10H,4H2,1-3H3. The number of alkyl halides is 3. The van der Waals surface area contributed by atoms with Gasteiger partial charge in [0.15, 0.2) is 11.6 Å². The van der Waals surface area contributed by atoms with Crippen molar-refractivity contribution in [1.29, 1.82) is 0 Å². The molecule has 0 spiro atoms. The molecule has 0 aliphatic carbocycles. The van der Waals surface area contributed by atoms with E-state index < -0.39 is 17.6 Å². The van der Waals surface area contributed by atoms with Gasteiger partial charge >= 0.3 is 6.18 Å². The van der Waals surface area contributed by atoms with Gasteiger partial charge in [0.25, 0.3) is 0 Å². The molecule has 0 fully saturated rings. The minimum atomic E-state index is -4.53. The first-order valence-electron chi connectivity index (χ1n) is 7.13. The summed E-state index contributed by atoms with van der Waals surface area (Å²) in [5.41, 5.74) is -0.344. The molecule has 0 radical (unpaired) electrons. The number of hydrogen-bond donors (Lipinski definition) is 0. The highest BCUT2D eigenvalue weighted by Crippen LogP contribution is 2.34. The third kappa shape index (κ3) is 4.00. The average molecular weight is 327 g/mol. The van der Waals surface area contributed by atoms with Crippen molar-refractivity contribution in [3.63, 3.8) is 0 Å². The van der Waals surface area contributed by atoms with Crippen molar-refractivity contribution in [2.24, 2.45) is 0 Å². The number of benzene rings is 1. The predicted molar refractivity (Wildman–Crippen MR) is 79.0 cm³/mol. The van der Waals surface area contributed by atoms with Crippen LogP contribution in [-0.4, -0.2) is 4.98 Å². The van der Waals surface area contributed by atoms with Crippen LogP contribution in [0, 0.1) is 5.82 Å². The Morgan fingerprint density at radius 1 is 1.04 bits per heavy atom. The molecule has 0 amide bonds. The van der Waals surface area contributed by atoms with Gasteiger partial charge in [0, 0.05) is 6.20 Å². The minimum absolute atomic E-state index is 0.137. The van der Waals surface area contributed by atoms with E-state index in [4.69, 9.17) is 4.74 Å². The molecule has 23 heavy (non-hydrogen) atoms. The highest BCUT2D eigenvalue weighted by Gasteiger charge is 2.31. The maximum absolute atomic E-state index is 14.2. The topological polar surface area (TPSA) is 22.1 Å². The zero-order valence-corrected chi connectivity index (χ0v) is 13.0. The van der Waals surface area contributed by atoms with E-state index in [2.05, 4.69) is 4.98 Å². The van der Waals surface area contributed by atoms with Gasteiger partial charge in [-0.05, 0) is 35.6 Å². The minimum Gasteiger partial charge on any atom is -0.453 e. The van der Waals surface area contributed by atoms with E-state index >= 15 is 0 Å². The Morgan fingerprint density at radius 2 is 1.74 bits per heavy atom. The van der Waals surface area contributed by atoms with Gasteiger partial charge < -0.3 is 4.74 Å². The van der Waals surface area contributed by atoms with Crippen molar-refractivity contribution in [2.45, 2.75) is 38.8 Å². The maximum Gasteiger partial charge on any atom is 0.418 e. The molecule has 2 aromatic rings. The van der Waals surface area contributed by atoms with Crippen LogP contribution in [0.2, 0.25) is 0 Å². The molecule has 0 bridgehead atoms. The van der Waals surface area contributed by atoms with Crippen molar-refractivity contribution in [2.75, 3.05) is 0 Å². The van der Waals surface area contributed by atoms with Gasteiger partial charge in [-0.25, -0.2) is 4.39 Å². The van der Waals surface area contributed by atoms with Crippen LogP contribution in [0.25, 0.3) is 0 Å². The molecule has 0 N–H and O–H groups in total. The quantitative estimate of drug-likeness (QED) is 0.670. The van der Waals surface area contributed by atoms with E-state index in [1.54, 1.807) is 6.07 Å². The number of pyridine rings is 1. The molecule has 0 aliphatic rings. The van der Waals surface area contributed by atoms with E-state index in [0.29, 0.717) is 6.20 Å². The largest absolute Gasteiger partial charge is 0.453 e. The number of ether oxygens (including phenoxy) is 1. The average Bonchev–Trinajstić information content (AvgIpc) is 2.48. The molecule has 1 aromatic carbocycles. The van der Waals surface area contributed by atoms with Gasteiger partial charge in [0.2, 0.25) is 0 Å². The van der Waals surface area contributed by atoms with Crippen LogP contribution >= 0.6 is 0 Å². The number of nitrogens with zero attached hydrogens (tertiary/aromatic N) is 1. The summed E-state index contributed by atoms with van der Waals surface area (Å²) in [6.45, 7) is 5.97. The van der Waals surface area contributed by atoms with E-state index in [1.807, 2.05) is 20.8 Å². The number of aromatic nitrogens is 1. The number of halogens is 4. The van der Waals surface area contributed by atoms with Crippen LogP contribution in [-0.2, 0) is 11.6 Å². The molecule has 124 valence electrons. The first-order chi connectivity index (χ1) is 10.6. The Bertz CT molecular complexity index is 695. The molecular weight excluding hydrogens is 310 g/mol. The molecule has 0 aliphatic heterocycles. The lowest BCUT2D eigenvalue weighted by Gasteiger charge is -2.23. The smallest absolute Gasteiger partial charge is 0.418 e. The fraction of sp³-hybridized carbons (Fsp3) is 0.353. The first kappa shape index (κ1) is 17.2. The van der Waals surface area contributed by atoms with Gasteiger partial charge in [0.05, 0.1) is 11.8 Å². The van der Waals surface area contributed by atoms with Crippen molar-refractivity contribution >= 4 is 0 Å². The Hall–Kier alpha value is -2.11. The second kappa shape index (κ2) is 6.18. The zero-order valence-electron chi connectivity index (χ0n) is 13.0. The molecule has 6 heteroatoms. The molecule has 0 saturated carbocycles. The first-order valence-corrected chi connectivity index (χ1v) is 7.13. The number of rotatable bonds is 4. The summed E-state index contributed by atoms with van der Waals surface area (Å²) in [5, 5.41) is 0.